The molecule has 1 N–H and O–H groups in total. The molecule has 3 heteroatoms. The standard InChI is InChI=1S/C13H24N2O/c1-15(10-13(16)14-11-8-9-11)12-6-4-2-3-5-7-12/h11-12H,2-10H2,1H3,(H,14,16). The van der Waals surface area contributed by atoms with Gasteiger partial charge in [0.2, 0.25) is 5.91 Å². The molecule has 2 aliphatic rings. The highest BCUT2D eigenvalue weighted by Gasteiger charge is 2.25. The zero-order chi connectivity index (χ0) is 11.4. The minimum Gasteiger partial charge on any atom is -0.352 e. The van der Waals surface area contributed by atoms with Gasteiger partial charge in [-0.15, -0.1) is 0 Å². The van der Waals surface area contributed by atoms with E-state index in [2.05, 4.69) is 17.3 Å². The number of nitrogens with zero attached hydrogens (tertiary/aromatic N) is 1. The molecule has 0 aromatic rings. The van der Waals surface area contributed by atoms with Crippen LogP contribution in [-0.4, -0.2) is 36.5 Å². The van der Waals surface area contributed by atoms with Crippen molar-refractivity contribution in [1.29, 1.82) is 0 Å². The number of likely N-dealkylation sites (N-methyl/N-ethyl adjacent to an activating group) is 1. The Labute approximate surface area is 98.6 Å². The second-order valence-electron chi connectivity index (χ2n) is 5.40. The molecular formula is C13H24N2O. The fourth-order valence-electron chi connectivity index (χ4n) is 2.56. The maximum atomic E-state index is 11.7. The van der Waals surface area contributed by atoms with E-state index in [1.165, 1.54) is 51.4 Å². The van der Waals surface area contributed by atoms with Crippen molar-refractivity contribution in [3.63, 3.8) is 0 Å². The van der Waals surface area contributed by atoms with Gasteiger partial charge in [-0.3, -0.25) is 9.69 Å². The Morgan fingerprint density at radius 2 is 1.75 bits per heavy atom. The Kier molecular flexibility index (Phi) is 4.22. The summed E-state index contributed by atoms with van der Waals surface area (Å²) in [6.07, 6.45) is 10.3. The number of hydrogen-bond donors (Lipinski definition) is 1. The third-order valence-corrected chi connectivity index (χ3v) is 3.78. The van der Waals surface area contributed by atoms with Crippen LogP contribution in [0.3, 0.4) is 0 Å². The first kappa shape index (κ1) is 11.9. The van der Waals surface area contributed by atoms with Gasteiger partial charge in [0.1, 0.15) is 0 Å². The molecule has 0 saturated heterocycles. The molecule has 3 nitrogen and oxygen atoms in total. The molecule has 0 heterocycles. The summed E-state index contributed by atoms with van der Waals surface area (Å²) >= 11 is 0. The molecule has 1 amide bonds. The van der Waals surface area contributed by atoms with E-state index >= 15 is 0 Å². The number of rotatable bonds is 4. The van der Waals surface area contributed by atoms with E-state index in [-0.39, 0.29) is 5.91 Å². The number of hydrogen-bond acceptors (Lipinski definition) is 2. The topological polar surface area (TPSA) is 32.3 Å². The zero-order valence-electron chi connectivity index (χ0n) is 10.4. The van der Waals surface area contributed by atoms with Gasteiger partial charge < -0.3 is 5.32 Å². The second kappa shape index (κ2) is 5.67. The van der Waals surface area contributed by atoms with Gasteiger partial charge in [-0.25, -0.2) is 0 Å². The van der Waals surface area contributed by atoms with E-state index in [1.54, 1.807) is 0 Å². The Bertz CT molecular complexity index is 230. The van der Waals surface area contributed by atoms with Crippen molar-refractivity contribution >= 4 is 5.91 Å². The third-order valence-electron chi connectivity index (χ3n) is 3.78. The van der Waals surface area contributed by atoms with Crippen molar-refractivity contribution < 1.29 is 4.79 Å². The monoisotopic (exact) mass is 224 g/mol. The fraction of sp³-hybridized carbons (Fsp3) is 0.923. The van der Waals surface area contributed by atoms with Gasteiger partial charge in [0, 0.05) is 12.1 Å². The quantitative estimate of drug-likeness (QED) is 0.740. The van der Waals surface area contributed by atoms with E-state index in [0.717, 1.165) is 0 Å². The summed E-state index contributed by atoms with van der Waals surface area (Å²) in [5.41, 5.74) is 0. The first-order valence-electron chi connectivity index (χ1n) is 6.75. The van der Waals surface area contributed by atoms with Gasteiger partial charge in [0.05, 0.1) is 6.54 Å². The largest absolute Gasteiger partial charge is 0.352 e. The first-order chi connectivity index (χ1) is 7.75. The Morgan fingerprint density at radius 3 is 2.31 bits per heavy atom. The highest BCUT2D eigenvalue weighted by Crippen LogP contribution is 2.21. The van der Waals surface area contributed by atoms with Crippen LogP contribution in [-0.2, 0) is 4.79 Å². The molecule has 0 radical (unpaired) electrons. The molecule has 0 spiro atoms. The lowest BCUT2D eigenvalue weighted by Gasteiger charge is -2.26. The van der Waals surface area contributed by atoms with E-state index in [1.807, 2.05) is 0 Å². The van der Waals surface area contributed by atoms with Gasteiger partial charge in [0.25, 0.3) is 0 Å². The van der Waals surface area contributed by atoms with Crippen LogP contribution < -0.4 is 5.32 Å². The molecule has 2 saturated carbocycles. The summed E-state index contributed by atoms with van der Waals surface area (Å²) in [6, 6.07) is 1.13. The summed E-state index contributed by atoms with van der Waals surface area (Å²) in [6.45, 7) is 0.584. The van der Waals surface area contributed by atoms with Gasteiger partial charge in [0.15, 0.2) is 0 Å². The van der Waals surface area contributed by atoms with Crippen LogP contribution in [0.15, 0.2) is 0 Å². The average molecular weight is 224 g/mol. The predicted octanol–water partition coefficient (Wildman–Crippen LogP) is 1.92. The Balaban J connectivity index is 1.71. The van der Waals surface area contributed by atoms with Crippen molar-refractivity contribution in [2.24, 2.45) is 0 Å². The highest BCUT2D eigenvalue weighted by molar-refractivity contribution is 5.78. The SMILES string of the molecule is CN(CC(=O)NC1CC1)C1CCCCCC1. The molecule has 2 aliphatic carbocycles. The number of carbonyl (C=O) groups is 1. The summed E-state index contributed by atoms with van der Waals surface area (Å²) in [4.78, 5) is 13.9. The van der Waals surface area contributed by atoms with Gasteiger partial charge in [-0.05, 0) is 32.7 Å². The Morgan fingerprint density at radius 1 is 1.12 bits per heavy atom. The third kappa shape index (κ3) is 3.78. The first-order valence-corrected chi connectivity index (χ1v) is 6.75. The molecule has 0 aromatic heterocycles. The van der Waals surface area contributed by atoms with Crippen molar-refractivity contribution in [2.45, 2.75) is 63.5 Å². The lowest BCUT2D eigenvalue weighted by molar-refractivity contribution is -0.122. The molecule has 0 bridgehead atoms. The summed E-state index contributed by atoms with van der Waals surface area (Å²) in [5, 5.41) is 3.06. The van der Waals surface area contributed by atoms with E-state index in [9.17, 15) is 4.79 Å². The highest BCUT2D eigenvalue weighted by atomic mass is 16.2. The van der Waals surface area contributed by atoms with E-state index < -0.39 is 0 Å². The molecule has 0 atom stereocenters. The number of amides is 1. The lowest BCUT2D eigenvalue weighted by atomic mass is 10.1. The maximum Gasteiger partial charge on any atom is 0.234 e. The van der Waals surface area contributed by atoms with Crippen molar-refractivity contribution in [3.8, 4) is 0 Å². The summed E-state index contributed by atoms with van der Waals surface area (Å²) in [7, 11) is 2.10. The van der Waals surface area contributed by atoms with Crippen LogP contribution in [0.1, 0.15) is 51.4 Å². The van der Waals surface area contributed by atoms with Crippen LogP contribution in [0.5, 0.6) is 0 Å². The van der Waals surface area contributed by atoms with E-state index in [4.69, 9.17) is 0 Å². The molecule has 0 aliphatic heterocycles. The summed E-state index contributed by atoms with van der Waals surface area (Å²) in [5.74, 6) is 0.217. The zero-order valence-corrected chi connectivity index (χ0v) is 10.4. The van der Waals surface area contributed by atoms with Crippen molar-refractivity contribution in [1.82, 2.24) is 10.2 Å². The smallest absolute Gasteiger partial charge is 0.234 e. The average Bonchev–Trinajstić information content (AvgIpc) is 3.02. The van der Waals surface area contributed by atoms with Crippen LogP contribution in [0, 0.1) is 0 Å². The number of carbonyl (C=O) groups excluding carboxylic acids is 1. The molecule has 2 fully saturated rings. The van der Waals surface area contributed by atoms with Crippen molar-refractivity contribution in [2.75, 3.05) is 13.6 Å². The molecule has 16 heavy (non-hydrogen) atoms. The second-order valence-corrected chi connectivity index (χ2v) is 5.40. The summed E-state index contributed by atoms with van der Waals surface area (Å²) < 4.78 is 0. The van der Waals surface area contributed by atoms with Crippen LogP contribution in [0.2, 0.25) is 0 Å². The predicted molar refractivity (Wildman–Crippen MR) is 65.3 cm³/mol. The van der Waals surface area contributed by atoms with Gasteiger partial charge in [-0.1, -0.05) is 25.7 Å². The fourth-order valence-corrected chi connectivity index (χ4v) is 2.56. The van der Waals surface area contributed by atoms with Crippen LogP contribution >= 0.6 is 0 Å². The molecule has 0 unspecified atom stereocenters. The lowest BCUT2D eigenvalue weighted by Crippen LogP contribution is -2.41. The normalized spacial score (nSPS) is 23.1. The minimum atomic E-state index is 0.217. The van der Waals surface area contributed by atoms with Crippen LogP contribution in [0.4, 0.5) is 0 Å². The molecule has 92 valence electrons. The Hall–Kier alpha value is -0.570. The number of nitrogens with one attached hydrogen (secondary N) is 1. The molecule has 2 rings (SSSR count). The van der Waals surface area contributed by atoms with Crippen molar-refractivity contribution in [3.05, 3.63) is 0 Å². The van der Waals surface area contributed by atoms with E-state index in [0.29, 0.717) is 18.6 Å². The van der Waals surface area contributed by atoms with Gasteiger partial charge in [-0.2, -0.15) is 0 Å². The molecule has 0 aromatic carbocycles. The van der Waals surface area contributed by atoms with Gasteiger partial charge >= 0.3 is 0 Å². The minimum absolute atomic E-state index is 0.217. The molecular weight excluding hydrogens is 200 g/mol. The van der Waals surface area contributed by atoms with Crippen LogP contribution in [0.25, 0.3) is 0 Å². The maximum absolute atomic E-state index is 11.7.